The first-order chi connectivity index (χ1) is 9.33. The minimum Gasteiger partial charge on any atom is -0.469 e. The van der Waals surface area contributed by atoms with Gasteiger partial charge in [-0.05, 0) is 25.5 Å². The molecule has 19 heavy (non-hydrogen) atoms. The number of hydrogen-bond acceptors (Lipinski definition) is 5. The Kier molecular flexibility index (Phi) is 3.41. The standard InChI is InChI=1S/C13H14N4OS/c1-10(4-5-11-3-2-7-18-11)17-9-12(15-16-17)13-14-6-8-19-13/h2-3,6-10H,4-5H2,1H3. The minimum atomic E-state index is 0.284. The highest BCUT2D eigenvalue weighted by Gasteiger charge is 2.11. The first-order valence-electron chi connectivity index (χ1n) is 6.17. The highest BCUT2D eigenvalue weighted by Crippen LogP contribution is 2.21. The maximum absolute atomic E-state index is 5.33. The van der Waals surface area contributed by atoms with Crippen LogP contribution in [0, 0.1) is 0 Å². The van der Waals surface area contributed by atoms with Gasteiger partial charge in [-0.25, -0.2) is 9.67 Å². The third-order valence-electron chi connectivity index (χ3n) is 3.00. The van der Waals surface area contributed by atoms with E-state index in [1.807, 2.05) is 28.4 Å². The lowest BCUT2D eigenvalue weighted by atomic mass is 10.1. The molecule has 0 amide bonds. The van der Waals surface area contributed by atoms with Gasteiger partial charge < -0.3 is 4.42 Å². The zero-order valence-electron chi connectivity index (χ0n) is 10.6. The summed E-state index contributed by atoms with van der Waals surface area (Å²) in [7, 11) is 0. The number of aryl methyl sites for hydroxylation is 1. The highest BCUT2D eigenvalue weighted by atomic mass is 32.1. The molecule has 3 aromatic rings. The lowest BCUT2D eigenvalue weighted by molar-refractivity contribution is 0.420. The summed E-state index contributed by atoms with van der Waals surface area (Å²) in [6, 6.07) is 4.19. The van der Waals surface area contributed by atoms with E-state index in [-0.39, 0.29) is 6.04 Å². The van der Waals surface area contributed by atoms with Crippen molar-refractivity contribution in [2.75, 3.05) is 0 Å². The van der Waals surface area contributed by atoms with Crippen LogP contribution in [0.2, 0.25) is 0 Å². The molecule has 98 valence electrons. The molecular formula is C13H14N4OS. The van der Waals surface area contributed by atoms with Crippen molar-refractivity contribution in [1.29, 1.82) is 0 Å². The lowest BCUT2D eigenvalue weighted by Gasteiger charge is -2.09. The van der Waals surface area contributed by atoms with Crippen LogP contribution in [0.15, 0.2) is 40.6 Å². The summed E-state index contributed by atoms with van der Waals surface area (Å²) < 4.78 is 7.22. The Hall–Kier alpha value is -1.95. The van der Waals surface area contributed by atoms with Crippen molar-refractivity contribution in [2.24, 2.45) is 0 Å². The summed E-state index contributed by atoms with van der Waals surface area (Å²) in [5.41, 5.74) is 0.833. The van der Waals surface area contributed by atoms with Crippen molar-refractivity contribution < 1.29 is 4.42 Å². The molecule has 0 radical (unpaired) electrons. The molecule has 5 nitrogen and oxygen atoms in total. The fourth-order valence-corrected chi connectivity index (χ4v) is 2.46. The number of aromatic nitrogens is 4. The fraction of sp³-hybridized carbons (Fsp3) is 0.308. The van der Waals surface area contributed by atoms with Crippen molar-refractivity contribution in [3.8, 4) is 10.7 Å². The predicted molar refractivity (Wildman–Crippen MR) is 72.9 cm³/mol. The SMILES string of the molecule is CC(CCc1ccco1)n1cc(-c2nccs2)nn1. The van der Waals surface area contributed by atoms with Gasteiger partial charge in [0, 0.05) is 18.0 Å². The summed E-state index contributed by atoms with van der Waals surface area (Å²) in [4.78, 5) is 4.23. The number of nitrogens with zero attached hydrogens (tertiary/aromatic N) is 4. The second-order valence-corrected chi connectivity index (χ2v) is 5.28. The zero-order valence-corrected chi connectivity index (χ0v) is 11.4. The van der Waals surface area contributed by atoms with Crippen LogP contribution in [0.1, 0.15) is 25.1 Å². The second kappa shape index (κ2) is 5.36. The predicted octanol–water partition coefficient (Wildman–Crippen LogP) is 3.19. The Morgan fingerprint density at radius 1 is 1.47 bits per heavy atom. The maximum Gasteiger partial charge on any atom is 0.145 e. The van der Waals surface area contributed by atoms with Crippen LogP contribution >= 0.6 is 11.3 Å². The van der Waals surface area contributed by atoms with Crippen molar-refractivity contribution in [1.82, 2.24) is 20.0 Å². The Balaban J connectivity index is 1.65. The third-order valence-corrected chi connectivity index (χ3v) is 3.80. The van der Waals surface area contributed by atoms with E-state index in [9.17, 15) is 0 Å². The maximum atomic E-state index is 5.33. The minimum absolute atomic E-state index is 0.284. The molecule has 0 saturated heterocycles. The van der Waals surface area contributed by atoms with E-state index >= 15 is 0 Å². The van der Waals surface area contributed by atoms with E-state index in [2.05, 4.69) is 22.2 Å². The molecule has 3 rings (SSSR count). The lowest BCUT2D eigenvalue weighted by Crippen LogP contribution is -2.07. The summed E-state index contributed by atoms with van der Waals surface area (Å²) >= 11 is 1.57. The van der Waals surface area contributed by atoms with E-state index < -0.39 is 0 Å². The van der Waals surface area contributed by atoms with E-state index in [4.69, 9.17) is 4.42 Å². The molecule has 0 aliphatic carbocycles. The van der Waals surface area contributed by atoms with Gasteiger partial charge in [-0.2, -0.15) is 0 Å². The van der Waals surface area contributed by atoms with Crippen LogP contribution in [0.25, 0.3) is 10.7 Å². The van der Waals surface area contributed by atoms with Crippen LogP contribution in [0.4, 0.5) is 0 Å². The molecule has 0 aromatic carbocycles. The summed E-state index contributed by atoms with van der Waals surface area (Å²) in [5, 5.41) is 11.2. The first-order valence-corrected chi connectivity index (χ1v) is 7.05. The van der Waals surface area contributed by atoms with Gasteiger partial charge in [-0.3, -0.25) is 0 Å². The van der Waals surface area contributed by atoms with Gasteiger partial charge in [0.2, 0.25) is 0 Å². The molecule has 0 spiro atoms. The summed E-state index contributed by atoms with van der Waals surface area (Å²) in [5.74, 6) is 1.01. The smallest absolute Gasteiger partial charge is 0.145 e. The van der Waals surface area contributed by atoms with Crippen molar-refractivity contribution >= 4 is 11.3 Å². The fourth-order valence-electron chi connectivity index (χ4n) is 1.88. The monoisotopic (exact) mass is 274 g/mol. The van der Waals surface area contributed by atoms with Gasteiger partial charge in [0.05, 0.1) is 18.5 Å². The number of rotatable bonds is 5. The third kappa shape index (κ3) is 2.73. The largest absolute Gasteiger partial charge is 0.469 e. The molecule has 6 heteroatoms. The normalized spacial score (nSPS) is 12.7. The van der Waals surface area contributed by atoms with Crippen LogP contribution in [0.3, 0.4) is 0 Å². The molecule has 1 atom stereocenters. The van der Waals surface area contributed by atoms with Crippen LogP contribution in [0.5, 0.6) is 0 Å². The molecule has 1 unspecified atom stereocenters. The quantitative estimate of drug-likeness (QED) is 0.717. The molecule has 0 aliphatic heterocycles. The van der Waals surface area contributed by atoms with E-state index in [0.29, 0.717) is 0 Å². The number of thiazole rings is 1. The molecule has 0 bridgehead atoms. The summed E-state index contributed by atoms with van der Waals surface area (Å²) in [6.45, 7) is 2.13. The Morgan fingerprint density at radius 2 is 2.42 bits per heavy atom. The molecule has 0 aliphatic rings. The topological polar surface area (TPSA) is 56.7 Å². The number of hydrogen-bond donors (Lipinski definition) is 0. The van der Waals surface area contributed by atoms with Crippen LogP contribution in [-0.4, -0.2) is 20.0 Å². The highest BCUT2D eigenvalue weighted by molar-refractivity contribution is 7.13. The second-order valence-electron chi connectivity index (χ2n) is 4.39. The molecule has 0 N–H and O–H groups in total. The van der Waals surface area contributed by atoms with Gasteiger partial charge in [0.15, 0.2) is 0 Å². The average molecular weight is 274 g/mol. The summed E-state index contributed by atoms with van der Waals surface area (Å²) in [6.07, 6.45) is 7.30. The number of furan rings is 1. The van der Waals surface area contributed by atoms with E-state index in [1.54, 1.807) is 23.8 Å². The van der Waals surface area contributed by atoms with Gasteiger partial charge >= 0.3 is 0 Å². The van der Waals surface area contributed by atoms with E-state index in [1.165, 1.54) is 0 Å². The molecular weight excluding hydrogens is 260 g/mol. The molecule has 0 saturated carbocycles. The Labute approximate surface area is 114 Å². The van der Waals surface area contributed by atoms with Gasteiger partial charge in [-0.15, -0.1) is 16.4 Å². The van der Waals surface area contributed by atoms with Crippen molar-refractivity contribution in [3.63, 3.8) is 0 Å². The van der Waals surface area contributed by atoms with E-state index in [0.717, 1.165) is 29.3 Å². The molecule has 0 fully saturated rings. The Morgan fingerprint density at radius 3 is 3.16 bits per heavy atom. The first kappa shape index (κ1) is 12.1. The zero-order chi connectivity index (χ0) is 13.1. The van der Waals surface area contributed by atoms with Crippen LogP contribution in [-0.2, 0) is 6.42 Å². The van der Waals surface area contributed by atoms with Gasteiger partial charge in [0.1, 0.15) is 16.5 Å². The Bertz CT molecular complexity index is 615. The van der Waals surface area contributed by atoms with Crippen molar-refractivity contribution in [2.45, 2.75) is 25.8 Å². The van der Waals surface area contributed by atoms with Gasteiger partial charge in [0.25, 0.3) is 0 Å². The van der Waals surface area contributed by atoms with Crippen molar-refractivity contribution in [3.05, 3.63) is 41.9 Å². The van der Waals surface area contributed by atoms with Crippen LogP contribution < -0.4 is 0 Å². The molecule has 3 heterocycles. The average Bonchev–Trinajstić information content (AvgIpc) is 3.14. The van der Waals surface area contributed by atoms with Gasteiger partial charge in [-0.1, -0.05) is 5.21 Å². The molecule has 3 aromatic heterocycles.